The topological polar surface area (TPSA) is 132 Å². The number of thiazole rings is 1. The van der Waals surface area contributed by atoms with Crippen LogP contribution in [0.2, 0.25) is 0 Å². The summed E-state index contributed by atoms with van der Waals surface area (Å²) in [5, 5.41) is 16.7. The minimum atomic E-state index is -0.521. The molecule has 1 unspecified atom stereocenters. The second-order valence-corrected chi connectivity index (χ2v) is 4.89. The van der Waals surface area contributed by atoms with E-state index < -0.39 is 4.92 Å². The number of hydrazine groups is 1. The summed E-state index contributed by atoms with van der Waals surface area (Å²) >= 11 is 1.45. The second-order valence-electron chi connectivity index (χ2n) is 3.97. The molecular weight excluding hydrogens is 282 g/mol. The van der Waals surface area contributed by atoms with Crippen LogP contribution in [0.1, 0.15) is 23.7 Å². The molecule has 0 aromatic carbocycles. The summed E-state index contributed by atoms with van der Waals surface area (Å²) < 4.78 is 0. The molecule has 0 amide bonds. The average Bonchev–Trinajstić information content (AvgIpc) is 2.91. The molecule has 0 radical (unpaired) electrons. The lowest BCUT2D eigenvalue weighted by molar-refractivity contribution is -0.385. The number of anilines is 2. The Morgan fingerprint density at radius 2 is 2.25 bits per heavy atom. The molecule has 0 saturated heterocycles. The number of nitrogens with zero attached hydrogens (tertiary/aromatic N) is 4. The summed E-state index contributed by atoms with van der Waals surface area (Å²) in [5.41, 5.74) is 2.34. The second kappa shape index (κ2) is 5.75. The van der Waals surface area contributed by atoms with Gasteiger partial charge in [-0.05, 0) is 13.8 Å². The van der Waals surface area contributed by atoms with Gasteiger partial charge in [0.15, 0.2) is 0 Å². The third kappa shape index (κ3) is 2.81. The van der Waals surface area contributed by atoms with Crippen molar-refractivity contribution in [3.05, 3.63) is 32.4 Å². The first kappa shape index (κ1) is 14.1. The highest BCUT2D eigenvalue weighted by Crippen LogP contribution is 2.29. The fourth-order valence-corrected chi connectivity index (χ4v) is 2.31. The van der Waals surface area contributed by atoms with Gasteiger partial charge in [-0.2, -0.15) is 4.98 Å². The molecule has 2 aromatic heterocycles. The van der Waals surface area contributed by atoms with Gasteiger partial charge in [0.25, 0.3) is 0 Å². The van der Waals surface area contributed by atoms with Crippen LogP contribution in [0, 0.1) is 17.0 Å². The number of aromatic nitrogens is 3. The van der Waals surface area contributed by atoms with Crippen LogP contribution in [0.3, 0.4) is 0 Å². The molecule has 10 heteroatoms. The predicted molar refractivity (Wildman–Crippen MR) is 75.4 cm³/mol. The average molecular weight is 295 g/mol. The van der Waals surface area contributed by atoms with E-state index in [0.717, 1.165) is 5.01 Å². The van der Waals surface area contributed by atoms with Crippen molar-refractivity contribution < 1.29 is 4.92 Å². The zero-order valence-electron chi connectivity index (χ0n) is 10.8. The van der Waals surface area contributed by atoms with E-state index in [0.29, 0.717) is 0 Å². The predicted octanol–water partition coefficient (Wildman–Crippen LogP) is 1.61. The van der Waals surface area contributed by atoms with Gasteiger partial charge in [-0.3, -0.25) is 15.5 Å². The lowest BCUT2D eigenvalue weighted by Gasteiger charge is -2.13. The Morgan fingerprint density at radius 3 is 2.80 bits per heavy atom. The van der Waals surface area contributed by atoms with E-state index >= 15 is 0 Å². The van der Waals surface area contributed by atoms with E-state index in [1.165, 1.54) is 18.3 Å². The van der Waals surface area contributed by atoms with Crippen LogP contribution in [0.5, 0.6) is 0 Å². The van der Waals surface area contributed by atoms with Crippen LogP contribution in [0.15, 0.2) is 11.6 Å². The Bertz CT molecular complexity index is 616. The normalized spacial score (nSPS) is 11.9. The summed E-state index contributed by atoms with van der Waals surface area (Å²) in [6.07, 6.45) is 1.67. The van der Waals surface area contributed by atoms with Gasteiger partial charge in [0.05, 0.1) is 11.0 Å². The summed E-state index contributed by atoms with van der Waals surface area (Å²) in [5.74, 6) is 5.48. The zero-order valence-corrected chi connectivity index (χ0v) is 11.6. The van der Waals surface area contributed by atoms with Crippen LogP contribution in [0.4, 0.5) is 17.5 Å². The largest absolute Gasteiger partial charge is 0.355 e. The van der Waals surface area contributed by atoms with E-state index in [2.05, 4.69) is 25.7 Å². The number of hydrogen-bond acceptors (Lipinski definition) is 9. The maximum Gasteiger partial charge on any atom is 0.332 e. The fraction of sp³-hybridized carbons (Fsp3) is 0.300. The molecule has 2 heterocycles. The quantitative estimate of drug-likeness (QED) is 0.430. The number of hydrogen-bond donors (Lipinski definition) is 3. The maximum absolute atomic E-state index is 11.1. The van der Waals surface area contributed by atoms with Crippen LogP contribution < -0.4 is 16.6 Å². The molecule has 20 heavy (non-hydrogen) atoms. The number of nitrogens with one attached hydrogen (secondary N) is 2. The van der Waals surface area contributed by atoms with Crippen molar-refractivity contribution in [1.82, 2.24) is 15.0 Å². The summed E-state index contributed by atoms with van der Waals surface area (Å²) in [7, 11) is 0. The van der Waals surface area contributed by atoms with Crippen molar-refractivity contribution in [2.75, 3.05) is 10.7 Å². The summed E-state index contributed by atoms with van der Waals surface area (Å²) in [6.45, 7) is 3.37. The molecular formula is C10H13N7O2S. The zero-order chi connectivity index (χ0) is 14.7. The van der Waals surface area contributed by atoms with Crippen molar-refractivity contribution in [3.63, 3.8) is 0 Å². The molecule has 2 aromatic rings. The third-order valence-corrected chi connectivity index (χ3v) is 3.50. The van der Waals surface area contributed by atoms with Gasteiger partial charge in [0.1, 0.15) is 10.7 Å². The molecule has 0 spiro atoms. The van der Waals surface area contributed by atoms with Gasteiger partial charge in [0.2, 0.25) is 11.8 Å². The van der Waals surface area contributed by atoms with E-state index in [4.69, 9.17) is 5.84 Å². The van der Waals surface area contributed by atoms with Crippen molar-refractivity contribution in [2.24, 2.45) is 5.84 Å². The fourth-order valence-electron chi connectivity index (χ4n) is 1.67. The Morgan fingerprint density at radius 1 is 1.50 bits per heavy atom. The van der Waals surface area contributed by atoms with E-state index in [9.17, 15) is 10.1 Å². The summed E-state index contributed by atoms with van der Waals surface area (Å²) in [6, 6.07) is -0.214. The maximum atomic E-state index is 11.1. The van der Waals surface area contributed by atoms with Crippen molar-refractivity contribution in [1.29, 1.82) is 0 Å². The third-order valence-electron chi connectivity index (χ3n) is 2.55. The highest BCUT2D eigenvalue weighted by atomic mass is 32.1. The minimum Gasteiger partial charge on any atom is -0.355 e. The summed E-state index contributed by atoms with van der Waals surface area (Å²) in [4.78, 5) is 22.7. The molecule has 2 rings (SSSR count). The first-order valence-corrected chi connectivity index (χ1v) is 6.56. The molecule has 0 aliphatic carbocycles. The van der Waals surface area contributed by atoms with E-state index in [1.807, 2.05) is 12.3 Å². The first-order chi connectivity index (χ1) is 9.52. The Balaban J connectivity index is 2.38. The molecule has 0 aliphatic rings. The number of rotatable bonds is 5. The van der Waals surface area contributed by atoms with Gasteiger partial charge < -0.3 is 5.32 Å². The van der Waals surface area contributed by atoms with Crippen molar-refractivity contribution in [3.8, 4) is 0 Å². The van der Waals surface area contributed by atoms with Gasteiger partial charge in [-0.15, -0.1) is 11.3 Å². The molecule has 0 bridgehead atoms. The lowest BCUT2D eigenvalue weighted by atomic mass is 10.3. The van der Waals surface area contributed by atoms with Crippen LogP contribution >= 0.6 is 11.3 Å². The van der Waals surface area contributed by atoms with Crippen LogP contribution in [-0.2, 0) is 0 Å². The Kier molecular flexibility index (Phi) is 4.05. The van der Waals surface area contributed by atoms with Gasteiger partial charge >= 0.3 is 5.69 Å². The molecule has 0 saturated carbocycles. The molecule has 4 N–H and O–H groups in total. The van der Waals surface area contributed by atoms with Gasteiger partial charge in [-0.25, -0.2) is 15.8 Å². The highest BCUT2D eigenvalue weighted by molar-refractivity contribution is 7.09. The van der Waals surface area contributed by atoms with Gasteiger partial charge in [-0.1, -0.05) is 0 Å². The number of aryl methyl sites for hydroxylation is 1. The van der Waals surface area contributed by atoms with E-state index in [-0.39, 0.29) is 29.2 Å². The van der Waals surface area contributed by atoms with Crippen molar-refractivity contribution >= 4 is 28.8 Å². The lowest BCUT2D eigenvalue weighted by Crippen LogP contribution is -2.16. The smallest absolute Gasteiger partial charge is 0.332 e. The van der Waals surface area contributed by atoms with Crippen LogP contribution in [0.25, 0.3) is 0 Å². The minimum absolute atomic E-state index is 0.109. The standard InChI is InChI=1S/C10H13N7O2S/c1-5-7(17(18)19)8(15-10(14-5)16-11)13-6(2)9-12-3-4-20-9/h3-4,6H,11H2,1-2H3,(H2,13,14,15,16). The molecule has 0 fully saturated rings. The molecule has 0 aliphatic heterocycles. The van der Waals surface area contributed by atoms with Gasteiger partial charge in [0, 0.05) is 11.6 Å². The van der Waals surface area contributed by atoms with Crippen LogP contribution in [-0.4, -0.2) is 19.9 Å². The SMILES string of the molecule is Cc1nc(NN)nc(NC(C)c2nccs2)c1[N+](=O)[O-]. The first-order valence-electron chi connectivity index (χ1n) is 5.68. The Hall–Kier alpha value is -2.33. The number of nitrogen functional groups attached to an aromatic ring is 1. The molecule has 9 nitrogen and oxygen atoms in total. The number of nitrogens with two attached hydrogens (primary N) is 1. The number of nitro groups is 1. The van der Waals surface area contributed by atoms with E-state index in [1.54, 1.807) is 6.20 Å². The Labute approximate surface area is 118 Å². The highest BCUT2D eigenvalue weighted by Gasteiger charge is 2.23. The monoisotopic (exact) mass is 295 g/mol. The molecule has 106 valence electrons. The molecule has 1 atom stereocenters. The van der Waals surface area contributed by atoms with Crippen molar-refractivity contribution in [2.45, 2.75) is 19.9 Å².